The smallest absolute Gasteiger partial charge is 0.336 e. The maximum atomic E-state index is 12.1. The van der Waals surface area contributed by atoms with Crippen molar-refractivity contribution in [2.75, 3.05) is 5.32 Å². The monoisotopic (exact) mass is 328 g/mol. The summed E-state index contributed by atoms with van der Waals surface area (Å²) in [5.74, 6) is -1.37. The second-order valence-electron chi connectivity index (χ2n) is 4.32. The van der Waals surface area contributed by atoms with Crippen molar-refractivity contribution in [3.05, 3.63) is 28.2 Å². The molecule has 1 aromatic rings. The summed E-state index contributed by atoms with van der Waals surface area (Å²) < 4.78 is 0.461. The Morgan fingerprint density at radius 2 is 1.95 bits per heavy atom. The van der Waals surface area contributed by atoms with Crippen LogP contribution >= 0.6 is 15.9 Å². The molecule has 4 N–H and O–H groups in total. The van der Waals surface area contributed by atoms with Crippen LogP contribution in [0.4, 0.5) is 5.69 Å². The zero-order valence-electron chi connectivity index (χ0n) is 10.9. The summed E-state index contributed by atoms with van der Waals surface area (Å²) in [5.41, 5.74) is 5.55. The molecule has 1 rings (SSSR count). The molecule has 0 heterocycles. The molecule has 0 aliphatic rings. The number of carbonyl (C=O) groups excluding carboxylic acids is 1. The molecule has 0 unspecified atom stereocenters. The third-order valence-electron chi connectivity index (χ3n) is 3.17. The van der Waals surface area contributed by atoms with Crippen LogP contribution in [0.2, 0.25) is 0 Å². The fourth-order valence-corrected chi connectivity index (χ4v) is 2.01. The van der Waals surface area contributed by atoms with E-state index in [1.54, 1.807) is 12.1 Å². The number of hydrogen-bond acceptors (Lipinski definition) is 3. The predicted molar refractivity (Wildman–Crippen MR) is 77.2 cm³/mol. The minimum absolute atomic E-state index is 0.0911. The Morgan fingerprint density at radius 1 is 1.37 bits per heavy atom. The van der Waals surface area contributed by atoms with Gasteiger partial charge in [0.15, 0.2) is 0 Å². The topological polar surface area (TPSA) is 92.4 Å². The van der Waals surface area contributed by atoms with Crippen LogP contribution < -0.4 is 11.1 Å². The molecule has 0 bridgehead atoms. The van der Waals surface area contributed by atoms with E-state index in [9.17, 15) is 9.59 Å². The maximum absolute atomic E-state index is 12.1. The molecule has 0 aliphatic carbocycles. The summed E-state index contributed by atoms with van der Waals surface area (Å²) in [6.07, 6.45) is 1.02. The van der Waals surface area contributed by atoms with Crippen LogP contribution in [0, 0.1) is 0 Å². The lowest BCUT2D eigenvalue weighted by Crippen LogP contribution is -2.50. The molecule has 0 atom stereocenters. The lowest BCUT2D eigenvalue weighted by molar-refractivity contribution is -0.121. The van der Waals surface area contributed by atoms with Gasteiger partial charge in [0.1, 0.15) is 0 Å². The lowest BCUT2D eigenvalue weighted by atomic mass is 9.93. The molecule has 0 spiro atoms. The van der Waals surface area contributed by atoms with Crippen molar-refractivity contribution >= 4 is 33.5 Å². The first-order valence-electron chi connectivity index (χ1n) is 5.97. The van der Waals surface area contributed by atoms with Crippen molar-refractivity contribution in [1.82, 2.24) is 0 Å². The van der Waals surface area contributed by atoms with E-state index < -0.39 is 11.5 Å². The third-order valence-corrected chi connectivity index (χ3v) is 3.86. The summed E-state index contributed by atoms with van der Waals surface area (Å²) >= 11 is 3.15. The fourth-order valence-electron chi connectivity index (χ4n) is 1.59. The van der Waals surface area contributed by atoms with Crippen LogP contribution in [0.5, 0.6) is 0 Å². The van der Waals surface area contributed by atoms with Crippen LogP contribution in [-0.2, 0) is 4.79 Å². The van der Waals surface area contributed by atoms with E-state index in [4.69, 9.17) is 10.8 Å². The van der Waals surface area contributed by atoms with Crippen molar-refractivity contribution in [2.24, 2.45) is 5.73 Å². The highest BCUT2D eigenvalue weighted by molar-refractivity contribution is 9.10. The summed E-state index contributed by atoms with van der Waals surface area (Å²) in [4.78, 5) is 23.1. The number of halogens is 1. The van der Waals surface area contributed by atoms with Crippen molar-refractivity contribution in [1.29, 1.82) is 0 Å². The van der Waals surface area contributed by atoms with Crippen LogP contribution in [0.3, 0.4) is 0 Å². The maximum Gasteiger partial charge on any atom is 0.336 e. The third kappa shape index (κ3) is 3.54. The quantitative estimate of drug-likeness (QED) is 0.774. The Bertz CT molecular complexity index is 499. The highest BCUT2D eigenvalue weighted by atomic mass is 79.9. The van der Waals surface area contributed by atoms with Gasteiger partial charge in [-0.15, -0.1) is 0 Å². The van der Waals surface area contributed by atoms with Gasteiger partial charge in [-0.25, -0.2) is 4.79 Å². The summed E-state index contributed by atoms with van der Waals surface area (Å²) in [6, 6.07) is 4.60. The van der Waals surface area contributed by atoms with Gasteiger partial charge in [-0.05, 0) is 47.0 Å². The van der Waals surface area contributed by atoms with Gasteiger partial charge >= 0.3 is 5.97 Å². The summed E-state index contributed by atoms with van der Waals surface area (Å²) in [5, 5.41) is 11.7. The molecule has 0 fully saturated rings. The number of carbonyl (C=O) groups is 2. The summed E-state index contributed by atoms with van der Waals surface area (Å²) in [6.45, 7) is 3.68. The van der Waals surface area contributed by atoms with Crippen LogP contribution in [0.25, 0.3) is 0 Å². The van der Waals surface area contributed by atoms with Gasteiger partial charge in [-0.3, -0.25) is 4.79 Å². The van der Waals surface area contributed by atoms with Gasteiger partial charge in [-0.1, -0.05) is 13.8 Å². The van der Waals surface area contributed by atoms with Crippen molar-refractivity contribution < 1.29 is 14.7 Å². The first-order chi connectivity index (χ1) is 8.84. The predicted octanol–water partition coefficient (Wildman–Crippen LogP) is 2.60. The molecule has 104 valence electrons. The van der Waals surface area contributed by atoms with Gasteiger partial charge in [0.2, 0.25) is 5.91 Å². The van der Waals surface area contributed by atoms with Gasteiger partial charge in [0, 0.05) is 10.2 Å². The molecule has 6 heteroatoms. The van der Waals surface area contributed by atoms with E-state index in [2.05, 4.69) is 21.2 Å². The Kier molecular flexibility index (Phi) is 5.08. The van der Waals surface area contributed by atoms with Crippen molar-refractivity contribution in [3.8, 4) is 0 Å². The average molecular weight is 329 g/mol. The molecule has 0 saturated carbocycles. The van der Waals surface area contributed by atoms with Gasteiger partial charge in [0.05, 0.1) is 11.1 Å². The standard InChI is InChI=1S/C13H17BrN2O3/c1-3-13(15,4-2)12(19)16-8-5-6-10(14)9(7-8)11(17)18/h5-7H,3-4,15H2,1-2H3,(H,16,19)(H,17,18). The Balaban J connectivity index is 2.98. The minimum atomic E-state index is -1.06. The molecule has 19 heavy (non-hydrogen) atoms. The number of aromatic carboxylic acids is 1. The highest BCUT2D eigenvalue weighted by Crippen LogP contribution is 2.22. The number of carboxylic acid groups (broad SMARTS) is 1. The Labute approximate surface area is 120 Å². The number of nitrogens with two attached hydrogens (primary N) is 1. The molecular formula is C13H17BrN2O3. The van der Waals surface area contributed by atoms with E-state index in [0.717, 1.165) is 0 Å². The number of amides is 1. The first kappa shape index (κ1) is 15.7. The van der Waals surface area contributed by atoms with Crippen LogP contribution in [0.1, 0.15) is 37.0 Å². The first-order valence-corrected chi connectivity index (χ1v) is 6.76. The van der Waals surface area contributed by atoms with Crippen molar-refractivity contribution in [2.45, 2.75) is 32.2 Å². The Morgan fingerprint density at radius 3 is 2.42 bits per heavy atom. The highest BCUT2D eigenvalue weighted by Gasteiger charge is 2.30. The molecule has 5 nitrogen and oxygen atoms in total. The SMILES string of the molecule is CCC(N)(CC)C(=O)Nc1ccc(Br)c(C(=O)O)c1. The van der Waals surface area contributed by atoms with Crippen molar-refractivity contribution in [3.63, 3.8) is 0 Å². The second kappa shape index (κ2) is 6.16. The number of anilines is 1. The molecule has 0 aromatic heterocycles. The van der Waals surface area contributed by atoms with Crippen LogP contribution in [-0.4, -0.2) is 22.5 Å². The molecule has 0 radical (unpaired) electrons. The molecule has 1 aromatic carbocycles. The normalized spacial score (nSPS) is 11.2. The molecule has 0 aliphatic heterocycles. The fraction of sp³-hybridized carbons (Fsp3) is 0.385. The van der Waals surface area contributed by atoms with Gasteiger partial charge in [-0.2, -0.15) is 0 Å². The molecule has 1 amide bonds. The number of carboxylic acids is 1. The molecular weight excluding hydrogens is 312 g/mol. The van der Waals surface area contributed by atoms with E-state index in [0.29, 0.717) is 23.0 Å². The largest absolute Gasteiger partial charge is 0.478 e. The zero-order chi connectivity index (χ0) is 14.6. The zero-order valence-corrected chi connectivity index (χ0v) is 12.5. The second-order valence-corrected chi connectivity index (χ2v) is 5.17. The number of nitrogens with one attached hydrogen (secondary N) is 1. The van der Waals surface area contributed by atoms with E-state index in [1.165, 1.54) is 6.07 Å². The number of rotatable bonds is 5. The average Bonchev–Trinajstić information content (AvgIpc) is 2.39. The van der Waals surface area contributed by atoms with Gasteiger partial charge < -0.3 is 16.2 Å². The number of hydrogen-bond donors (Lipinski definition) is 3. The van der Waals surface area contributed by atoms with E-state index in [-0.39, 0.29) is 11.5 Å². The van der Waals surface area contributed by atoms with E-state index in [1.807, 2.05) is 13.8 Å². The van der Waals surface area contributed by atoms with Gasteiger partial charge in [0.25, 0.3) is 0 Å². The molecule has 0 saturated heterocycles. The van der Waals surface area contributed by atoms with E-state index >= 15 is 0 Å². The summed E-state index contributed by atoms with van der Waals surface area (Å²) in [7, 11) is 0. The number of benzene rings is 1. The lowest BCUT2D eigenvalue weighted by Gasteiger charge is -2.25. The van der Waals surface area contributed by atoms with Crippen LogP contribution in [0.15, 0.2) is 22.7 Å². The Hall–Kier alpha value is -1.40. The minimum Gasteiger partial charge on any atom is -0.478 e.